The van der Waals surface area contributed by atoms with Gasteiger partial charge in [0, 0.05) is 44.2 Å². The maximum absolute atomic E-state index is 12.9. The molecule has 0 aliphatic carbocycles. The molecule has 1 saturated heterocycles. The Hall–Kier alpha value is -1.43. The molecule has 140 valence electrons. The molecular formula is C20H26ClN3OS. The number of amides is 1. The van der Waals surface area contributed by atoms with E-state index in [9.17, 15) is 4.79 Å². The number of hydrogen-bond acceptors (Lipinski definition) is 4. The van der Waals surface area contributed by atoms with Crippen molar-refractivity contribution in [1.29, 1.82) is 0 Å². The molecule has 4 nitrogen and oxygen atoms in total. The number of halogens is 1. The van der Waals surface area contributed by atoms with Gasteiger partial charge in [-0.25, -0.2) is 4.98 Å². The van der Waals surface area contributed by atoms with Crippen molar-refractivity contribution in [3.05, 3.63) is 50.4 Å². The van der Waals surface area contributed by atoms with Gasteiger partial charge in [0.2, 0.25) is 0 Å². The van der Waals surface area contributed by atoms with E-state index in [2.05, 4.69) is 29.8 Å². The maximum Gasteiger partial charge on any atom is 0.265 e. The highest BCUT2D eigenvalue weighted by atomic mass is 35.5. The minimum absolute atomic E-state index is 0.136. The van der Waals surface area contributed by atoms with Crippen LogP contribution in [0, 0.1) is 12.8 Å². The van der Waals surface area contributed by atoms with E-state index in [4.69, 9.17) is 11.6 Å². The van der Waals surface area contributed by atoms with Crippen LogP contribution in [0.3, 0.4) is 0 Å². The normalized spacial score (nSPS) is 15.7. The van der Waals surface area contributed by atoms with Gasteiger partial charge in [0.25, 0.3) is 5.91 Å². The van der Waals surface area contributed by atoms with Crippen molar-refractivity contribution in [1.82, 2.24) is 14.8 Å². The second kappa shape index (κ2) is 8.51. The molecule has 26 heavy (non-hydrogen) atoms. The standard InChI is InChI=1S/C20H26ClN3OS/c1-14(2)11-18-22-15(3)19(26-18)20(25)24-9-7-23(8-10-24)13-16-5-4-6-17(21)12-16/h4-6,12,14H,7-11,13H2,1-3H3. The Bertz CT molecular complexity index is 766. The first-order valence-corrected chi connectivity index (χ1v) is 10.3. The number of thiazole rings is 1. The summed E-state index contributed by atoms with van der Waals surface area (Å²) in [5, 5.41) is 1.84. The van der Waals surface area contributed by atoms with Gasteiger partial charge in [0.1, 0.15) is 4.88 Å². The molecule has 0 radical (unpaired) electrons. The smallest absolute Gasteiger partial charge is 0.265 e. The van der Waals surface area contributed by atoms with E-state index in [0.29, 0.717) is 5.92 Å². The second-order valence-electron chi connectivity index (χ2n) is 7.32. The quantitative estimate of drug-likeness (QED) is 0.763. The number of rotatable bonds is 5. The van der Waals surface area contributed by atoms with E-state index in [1.807, 2.05) is 30.0 Å². The zero-order chi connectivity index (χ0) is 18.7. The van der Waals surface area contributed by atoms with Crippen LogP contribution in [0.5, 0.6) is 0 Å². The predicted octanol–water partition coefficient (Wildman–Crippen LogP) is 4.26. The number of aryl methyl sites for hydroxylation is 1. The first-order valence-electron chi connectivity index (χ1n) is 9.14. The maximum atomic E-state index is 12.9. The summed E-state index contributed by atoms with van der Waals surface area (Å²) in [5.41, 5.74) is 2.09. The van der Waals surface area contributed by atoms with Crippen LogP contribution in [0.25, 0.3) is 0 Å². The number of nitrogens with zero attached hydrogens (tertiary/aromatic N) is 3. The van der Waals surface area contributed by atoms with Gasteiger partial charge in [-0.3, -0.25) is 9.69 Å². The number of carbonyl (C=O) groups excluding carboxylic acids is 1. The third-order valence-electron chi connectivity index (χ3n) is 4.57. The molecule has 2 aromatic rings. The molecule has 1 aliphatic heterocycles. The van der Waals surface area contributed by atoms with Crippen LogP contribution in [0.15, 0.2) is 24.3 Å². The number of piperazine rings is 1. The summed E-state index contributed by atoms with van der Waals surface area (Å²) < 4.78 is 0. The highest BCUT2D eigenvalue weighted by molar-refractivity contribution is 7.13. The molecule has 6 heteroatoms. The summed E-state index contributed by atoms with van der Waals surface area (Å²) in [6.45, 7) is 10.5. The largest absolute Gasteiger partial charge is 0.335 e. The van der Waals surface area contributed by atoms with E-state index in [-0.39, 0.29) is 5.91 Å². The lowest BCUT2D eigenvalue weighted by Crippen LogP contribution is -2.48. The first-order chi connectivity index (χ1) is 12.4. The molecule has 0 N–H and O–H groups in total. The van der Waals surface area contributed by atoms with E-state index < -0.39 is 0 Å². The van der Waals surface area contributed by atoms with E-state index >= 15 is 0 Å². The third-order valence-corrected chi connectivity index (χ3v) is 5.98. The van der Waals surface area contributed by atoms with Gasteiger partial charge in [0.15, 0.2) is 0 Å². The molecule has 0 bridgehead atoms. The second-order valence-corrected chi connectivity index (χ2v) is 8.84. The molecule has 3 rings (SSSR count). The molecule has 2 heterocycles. The summed E-state index contributed by atoms with van der Waals surface area (Å²) in [7, 11) is 0. The molecule has 1 amide bonds. The number of hydrogen-bond donors (Lipinski definition) is 0. The molecule has 1 aromatic carbocycles. The summed E-state index contributed by atoms with van der Waals surface area (Å²) in [6, 6.07) is 7.99. The number of carbonyl (C=O) groups is 1. The van der Waals surface area contributed by atoms with Crippen molar-refractivity contribution in [2.45, 2.75) is 33.7 Å². The Balaban J connectivity index is 1.57. The van der Waals surface area contributed by atoms with Crippen LogP contribution in [0.1, 0.15) is 39.8 Å². The fourth-order valence-electron chi connectivity index (χ4n) is 3.23. The van der Waals surface area contributed by atoms with Crippen molar-refractivity contribution in [2.75, 3.05) is 26.2 Å². The van der Waals surface area contributed by atoms with Crippen molar-refractivity contribution >= 4 is 28.8 Å². The highest BCUT2D eigenvalue weighted by Gasteiger charge is 2.25. The lowest BCUT2D eigenvalue weighted by Gasteiger charge is -2.34. The molecule has 0 spiro atoms. The van der Waals surface area contributed by atoms with Gasteiger partial charge < -0.3 is 4.90 Å². The average molecular weight is 392 g/mol. The lowest BCUT2D eigenvalue weighted by atomic mass is 10.1. The van der Waals surface area contributed by atoms with Crippen LogP contribution in [-0.4, -0.2) is 46.9 Å². The van der Waals surface area contributed by atoms with Crippen LogP contribution in [0.2, 0.25) is 5.02 Å². The van der Waals surface area contributed by atoms with Crippen LogP contribution in [-0.2, 0) is 13.0 Å². The number of benzene rings is 1. The van der Waals surface area contributed by atoms with Gasteiger partial charge >= 0.3 is 0 Å². The molecule has 1 fully saturated rings. The fourth-order valence-corrected chi connectivity index (χ4v) is 4.69. The lowest BCUT2D eigenvalue weighted by molar-refractivity contribution is 0.0632. The summed E-state index contributed by atoms with van der Waals surface area (Å²) in [4.78, 5) is 22.6. The molecule has 0 unspecified atom stereocenters. The van der Waals surface area contributed by atoms with Crippen molar-refractivity contribution in [2.24, 2.45) is 5.92 Å². The average Bonchev–Trinajstić information content (AvgIpc) is 2.94. The molecule has 0 atom stereocenters. The SMILES string of the molecule is Cc1nc(CC(C)C)sc1C(=O)N1CCN(Cc2cccc(Cl)c2)CC1. The predicted molar refractivity (Wildman–Crippen MR) is 108 cm³/mol. The monoisotopic (exact) mass is 391 g/mol. The van der Waals surface area contributed by atoms with Gasteiger partial charge in [-0.2, -0.15) is 0 Å². The molecule has 0 saturated carbocycles. The molecule has 1 aromatic heterocycles. The van der Waals surface area contributed by atoms with Crippen LogP contribution < -0.4 is 0 Å². The zero-order valence-electron chi connectivity index (χ0n) is 15.7. The zero-order valence-corrected chi connectivity index (χ0v) is 17.2. The minimum Gasteiger partial charge on any atom is -0.335 e. The van der Waals surface area contributed by atoms with Crippen molar-refractivity contribution in [3.8, 4) is 0 Å². The van der Waals surface area contributed by atoms with E-state index in [1.54, 1.807) is 11.3 Å². The Labute approximate surface area is 164 Å². The van der Waals surface area contributed by atoms with Crippen molar-refractivity contribution in [3.63, 3.8) is 0 Å². The van der Waals surface area contributed by atoms with E-state index in [0.717, 1.165) is 59.7 Å². The highest BCUT2D eigenvalue weighted by Crippen LogP contribution is 2.23. The van der Waals surface area contributed by atoms with Gasteiger partial charge in [-0.15, -0.1) is 11.3 Å². The fraction of sp³-hybridized carbons (Fsp3) is 0.500. The molecule has 1 aliphatic rings. The Kier molecular flexibility index (Phi) is 6.33. The first kappa shape index (κ1) is 19.3. The van der Waals surface area contributed by atoms with E-state index in [1.165, 1.54) is 5.56 Å². The van der Waals surface area contributed by atoms with Gasteiger partial charge in [-0.1, -0.05) is 37.6 Å². The summed E-state index contributed by atoms with van der Waals surface area (Å²) in [5.74, 6) is 0.691. The number of aromatic nitrogens is 1. The van der Waals surface area contributed by atoms with Crippen LogP contribution in [0.4, 0.5) is 0 Å². The van der Waals surface area contributed by atoms with Gasteiger partial charge in [0.05, 0.1) is 10.7 Å². The third kappa shape index (κ3) is 4.84. The Morgan fingerprint density at radius 3 is 2.65 bits per heavy atom. The summed E-state index contributed by atoms with van der Waals surface area (Å²) in [6.07, 6.45) is 0.937. The van der Waals surface area contributed by atoms with Gasteiger partial charge in [-0.05, 0) is 30.5 Å². The Morgan fingerprint density at radius 2 is 2.00 bits per heavy atom. The minimum atomic E-state index is 0.136. The van der Waals surface area contributed by atoms with Crippen LogP contribution >= 0.6 is 22.9 Å². The summed E-state index contributed by atoms with van der Waals surface area (Å²) >= 11 is 7.63. The van der Waals surface area contributed by atoms with Crippen molar-refractivity contribution < 1.29 is 4.79 Å². The molecular weight excluding hydrogens is 366 g/mol. The topological polar surface area (TPSA) is 36.4 Å². The Morgan fingerprint density at radius 1 is 1.27 bits per heavy atom.